The van der Waals surface area contributed by atoms with E-state index in [1.54, 1.807) is 25.2 Å². The summed E-state index contributed by atoms with van der Waals surface area (Å²) in [5.41, 5.74) is 6.92. The number of benzene rings is 1. The van der Waals surface area contributed by atoms with E-state index < -0.39 is 6.43 Å². The van der Waals surface area contributed by atoms with Crippen molar-refractivity contribution in [3.8, 4) is 0 Å². The lowest BCUT2D eigenvalue weighted by molar-refractivity contribution is 0.143. The van der Waals surface area contributed by atoms with Gasteiger partial charge in [-0.1, -0.05) is 6.07 Å². The highest BCUT2D eigenvalue weighted by molar-refractivity contribution is 5.84. The Hall–Kier alpha value is -1.58. The summed E-state index contributed by atoms with van der Waals surface area (Å²) in [6.07, 6.45) is -2.45. The molecule has 0 fully saturated rings. The summed E-state index contributed by atoms with van der Waals surface area (Å²) in [6, 6.07) is 6.63. The third-order valence-electron chi connectivity index (χ3n) is 2.33. The van der Waals surface area contributed by atoms with Crippen LogP contribution in [0.4, 0.5) is 14.5 Å². The molecular weight excluding hydrogens is 186 g/mol. The minimum Gasteiger partial charge on any atom is -0.399 e. The second kappa shape index (κ2) is 2.97. The maximum absolute atomic E-state index is 12.5. The minimum absolute atomic E-state index is 0.0191. The topological polar surface area (TPSA) is 30.9 Å². The van der Waals surface area contributed by atoms with Gasteiger partial charge in [0.25, 0.3) is 6.43 Å². The quantitative estimate of drug-likeness (QED) is 0.698. The molecule has 2 nitrogen and oxygen atoms in total. The van der Waals surface area contributed by atoms with Crippen LogP contribution >= 0.6 is 0 Å². The van der Waals surface area contributed by atoms with Gasteiger partial charge < -0.3 is 10.3 Å². The van der Waals surface area contributed by atoms with Crippen molar-refractivity contribution in [2.24, 2.45) is 7.05 Å². The van der Waals surface area contributed by atoms with Crippen molar-refractivity contribution in [1.29, 1.82) is 0 Å². The Morgan fingerprint density at radius 1 is 1.29 bits per heavy atom. The molecule has 0 amide bonds. The van der Waals surface area contributed by atoms with Crippen molar-refractivity contribution in [2.75, 3.05) is 5.73 Å². The first-order chi connectivity index (χ1) is 6.59. The van der Waals surface area contributed by atoms with Crippen LogP contribution in [0.5, 0.6) is 0 Å². The number of rotatable bonds is 1. The molecule has 1 aromatic carbocycles. The fourth-order valence-electron chi connectivity index (χ4n) is 1.58. The Bertz CT molecular complexity index is 474. The maximum atomic E-state index is 12.5. The van der Waals surface area contributed by atoms with Gasteiger partial charge in [0.15, 0.2) is 0 Å². The smallest absolute Gasteiger partial charge is 0.278 e. The molecule has 0 radical (unpaired) electrons. The predicted molar refractivity (Wildman–Crippen MR) is 52.3 cm³/mol. The molecule has 0 aliphatic heterocycles. The van der Waals surface area contributed by atoms with Crippen molar-refractivity contribution in [3.63, 3.8) is 0 Å². The van der Waals surface area contributed by atoms with Crippen LogP contribution < -0.4 is 5.73 Å². The molecule has 1 aromatic heterocycles. The molecule has 0 spiro atoms. The molecule has 74 valence electrons. The molecule has 0 saturated carbocycles. The van der Waals surface area contributed by atoms with E-state index >= 15 is 0 Å². The van der Waals surface area contributed by atoms with Crippen LogP contribution in [0.25, 0.3) is 10.9 Å². The lowest BCUT2D eigenvalue weighted by Crippen LogP contribution is -1.96. The Kier molecular flexibility index (Phi) is 1.91. The first-order valence-electron chi connectivity index (χ1n) is 4.22. The highest BCUT2D eigenvalue weighted by Gasteiger charge is 2.13. The Labute approximate surface area is 79.9 Å². The maximum Gasteiger partial charge on any atom is 0.278 e. The van der Waals surface area contributed by atoms with Crippen molar-refractivity contribution in [1.82, 2.24) is 4.57 Å². The Balaban J connectivity index is 2.74. The standard InChI is InChI=1S/C10H10F2N2/c1-14-8-5-7(13)3-2-6(8)4-9(14)10(11)12/h2-5,10H,13H2,1H3. The average Bonchev–Trinajstić information content (AvgIpc) is 2.44. The first kappa shape index (κ1) is 8.99. The van der Waals surface area contributed by atoms with Crippen LogP contribution in [-0.4, -0.2) is 4.57 Å². The normalized spacial score (nSPS) is 11.4. The van der Waals surface area contributed by atoms with Crippen LogP contribution in [0.15, 0.2) is 24.3 Å². The highest BCUT2D eigenvalue weighted by atomic mass is 19.3. The van der Waals surface area contributed by atoms with E-state index in [-0.39, 0.29) is 5.69 Å². The average molecular weight is 196 g/mol. The van der Waals surface area contributed by atoms with Crippen molar-refractivity contribution in [2.45, 2.75) is 6.43 Å². The van der Waals surface area contributed by atoms with Gasteiger partial charge in [0.1, 0.15) is 0 Å². The summed E-state index contributed by atoms with van der Waals surface area (Å²) in [4.78, 5) is 0. The summed E-state index contributed by atoms with van der Waals surface area (Å²) in [6.45, 7) is 0. The van der Waals surface area contributed by atoms with E-state index in [1.807, 2.05) is 0 Å². The molecule has 14 heavy (non-hydrogen) atoms. The molecule has 0 aliphatic carbocycles. The summed E-state index contributed by atoms with van der Waals surface area (Å²) in [7, 11) is 1.61. The SMILES string of the molecule is Cn1c(C(F)F)cc2ccc(N)cc21. The van der Waals surface area contributed by atoms with Crippen LogP contribution in [-0.2, 0) is 7.05 Å². The van der Waals surface area contributed by atoms with Crippen molar-refractivity contribution in [3.05, 3.63) is 30.0 Å². The molecule has 0 saturated heterocycles. The molecular formula is C10H10F2N2. The van der Waals surface area contributed by atoms with E-state index in [9.17, 15) is 8.78 Å². The fourth-order valence-corrected chi connectivity index (χ4v) is 1.58. The van der Waals surface area contributed by atoms with Gasteiger partial charge in [-0.25, -0.2) is 8.78 Å². The number of nitrogen functional groups attached to an aromatic ring is 1. The number of aromatic nitrogens is 1. The molecule has 1 heterocycles. The van der Waals surface area contributed by atoms with Gasteiger partial charge in [-0.3, -0.25) is 0 Å². The first-order valence-corrected chi connectivity index (χ1v) is 4.22. The monoisotopic (exact) mass is 196 g/mol. The van der Waals surface area contributed by atoms with Crippen LogP contribution in [0, 0.1) is 0 Å². The van der Waals surface area contributed by atoms with E-state index in [0.717, 1.165) is 10.9 Å². The summed E-state index contributed by atoms with van der Waals surface area (Å²) in [5.74, 6) is 0. The zero-order chi connectivity index (χ0) is 10.3. The number of nitrogens with two attached hydrogens (primary N) is 1. The van der Waals surface area contributed by atoms with E-state index in [4.69, 9.17) is 5.73 Å². The third kappa shape index (κ3) is 1.23. The van der Waals surface area contributed by atoms with Crippen LogP contribution in [0.1, 0.15) is 12.1 Å². The number of aryl methyl sites for hydroxylation is 1. The molecule has 0 bridgehead atoms. The van der Waals surface area contributed by atoms with Gasteiger partial charge in [0, 0.05) is 18.1 Å². The Morgan fingerprint density at radius 3 is 2.64 bits per heavy atom. The van der Waals surface area contributed by atoms with E-state index in [2.05, 4.69) is 0 Å². The van der Waals surface area contributed by atoms with Gasteiger partial charge in [-0.05, 0) is 18.2 Å². The molecule has 0 aliphatic rings. The number of fused-ring (bicyclic) bond motifs is 1. The molecule has 0 unspecified atom stereocenters. The molecule has 2 N–H and O–H groups in total. The number of anilines is 1. The summed E-state index contributed by atoms with van der Waals surface area (Å²) in [5, 5.41) is 0.789. The molecule has 0 atom stereocenters. The molecule has 2 aromatic rings. The largest absolute Gasteiger partial charge is 0.399 e. The van der Waals surface area contributed by atoms with Gasteiger partial charge >= 0.3 is 0 Å². The number of hydrogen-bond acceptors (Lipinski definition) is 1. The zero-order valence-corrected chi connectivity index (χ0v) is 7.67. The lowest BCUT2D eigenvalue weighted by atomic mass is 10.2. The number of halogens is 2. The van der Waals surface area contributed by atoms with Crippen molar-refractivity contribution < 1.29 is 8.78 Å². The molecule has 2 rings (SSSR count). The van der Waals surface area contributed by atoms with Gasteiger partial charge in [0.05, 0.1) is 11.2 Å². The van der Waals surface area contributed by atoms with Gasteiger partial charge in [0.2, 0.25) is 0 Å². The fraction of sp³-hybridized carbons (Fsp3) is 0.200. The second-order valence-electron chi connectivity index (χ2n) is 3.25. The predicted octanol–water partition coefficient (Wildman–Crippen LogP) is 2.70. The highest BCUT2D eigenvalue weighted by Crippen LogP contribution is 2.27. The summed E-state index contributed by atoms with van der Waals surface area (Å²) >= 11 is 0. The van der Waals surface area contributed by atoms with Gasteiger partial charge in [-0.2, -0.15) is 0 Å². The number of nitrogens with zero attached hydrogens (tertiary/aromatic N) is 1. The van der Waals surface area contributed by atoms with Crippen LogP contribution in [0.3, 0.4) is 0 Å². The number of hydrogen-bond donors (Lipinski definition) is 1. The lowest BCUT2D eigenvalue weighted by Gasteiger charge is -2.02. The Morgan fingerprint density at radius 2 is 2.00 bits per heavy atom. The molecule has 4 heteroatoms. The third-order valence-corrected chi connectivity index (χ3v) is 2.33. The van der Waals surface area contributed by atoms with Crippen molar-refractivity contribution >= 4 is 16.6 Å². The zero-order valence-electron chi connectivity index (χ0n) is 7.67. The van der Waals surface area contributed by atoms with Gasteiger partial charge in [-0.15, -0.1) is 0 Å². The van der Waals surface area contributed by atoms with E-state index in [0.29, 0.717) is 5.69 Å². The number of alkyl halides is 2. The minimum atomic E-state index is -2.45. The van der Waals surface area contributed by atoms with E-state index in [1.165, 1.54) is 10.6 Å². The summed E-state index contributed by atoms with van der Waals surface area (Å²) < 4.78 is 26.5. The van der Waals surface area contributed by atoms with Crippen LogP contribution in [0.2, 0.25) is 0 Å². The second-order valence-corrected chi connectivity index (χ2v) is 3.25.